The quantitative estimate of drug-likeness (QED) is 0.327. The molecule has 1 atom stereocenters. The van der Waals surface area contributed by atoms with Gasteiger partial charge in [0, 0.05) is 28.5 Å². The van der Waals surface area contributed by atoms with Crippen LogP contribution in [0.3, 0.4) is 0 Å². The topological polar surface area (TPSA) is 123 Å². The zero-order valence-electron chi connectivity index (χ0n) is 17.9. The lowest BCUT2D eigenvalue weighted by Crippen LogP contribution is -2.45. The van der Waals surface area contributed by atoms with Crippen LogP contribution in [0, 0.1) is 10.1 Å². The number of hydrogen-bond acceptors (Lipinski definition) is 5. The van der Waals surface area contributed by atoms with E-state index in [1.807, 2.05) is 0 Å². The van der Waals surface area contributed by atoms with E-state index in [1.54, 1.807) is 55.5 Å². The second-order valence-electron chi connectivity index (χ2n) is 7.46. The molecule has 0 saturated heterocycles. The van der Waals surface area contributed by atoms with Crippen molar-refractivity contribution in [2.45, 2.75) is 13.0 Å². The summed E-state index contributed by atoms with van der Waals surface area (Å²) in [6, 6.07) is 18.2. The van der Waals surface area contributed by atoms with Gasteiger partial charge in [0.25, 0.3) is 11.6 Å². The average Bonchev–Trinajstić information content (AvgIpc) is 2.80. The van der Waals surface area contributed by atoms with Gasteiger partial charge in [-0.3, -0.25) is 14.9 Å². The zero-order chi connectivity index (χ0) is 24.2. The van der Waals surface area contributed by atoms with E-state index in [-0.39, 0.29) is 5.69 Å². The number of nitrogens with one attached hydrogen (secondary N) is 3. The van der Waals surface area contributed by atoms with Gasteiger partial charge in [-0.25, -0.2) is 4.79 Å². The Morgan fingerprint density at radius 1 is 1.06 bits per heavy atom. The van der Waals surface area contributed by atoms with Crippen LogP contribution in [-0.2, 0) is 4.79 Å². The Hall–Kier alpha value is -4.37. The second-order valence-corrected chi connectivity index (χ2v) is 7.89. The second kappa shape index (κ2) is 9.63. The first-order chi connectivity index (χ1) is 16.3. The van der Waals surface area contributed by atoms with Gasteiger partial charge in [-0.1, -0.05) is 23.7 Å². The van der Waals surface area contributed by atoms with Crippen molar-refractivity contribution < 1.29 is 19.2 Å². The van der Waals surface area contributed by atoms with Gasteiger partial charge in [0.05, 0.1) is 16.5 Å². The van der Waals surface area contributed by atoms with Crippen molar-refractivity contribution in [3.05, 3.63) is 105 Å². The number of non-ortho nitro benzene ring substituents is 1. The summed E-state index contributed by atoms with van der Waals surface area (Å²) in [7, 11) is 0. The third-order valence-corrected chi connectivity index (χ3v) is 5.34. The molecule has 0 spiro atoms. The van der Waals surface area contributed by atoms with Crippen LogP contribution in [0.5, 0.6) is 11.5 Å². The van der Waals surface area contributed by atoms with Crippen LogP contribution in [0.4, 0.5) is 16.2 Å². The lowest BCUT2D eigenvalue weighted by molar-refractivity contribution is -0.384. The number of urea groups is 1. The number of carbonyl (C=O) groups excluding carboxylic acids is 2. The number of rotatable bonds is 6. The van der Waals surface area contributed by atoms with E-state index >= 15 is 0 Å². The average molecular weight is 479 g/mol. The summed E-state index contributed by atoms with van der Waals surface area (Å²) in [6.45, 7) is 1.63. The number of carbonyl (C=O) groups is 2. The smallest absolute Gasteiger partial charge is 0.319 e. The highest BCUT2D eigenvalue weighted by molar-refractivity contribution is 6.30. The number of nitro groups is 1. The molecule has 0 radical (unpaired) electrons. The molecular weight excluding hydrogens is 460 g/mol. The van der Waals surface area contributed by atoms with Crippen LogP contribution < -0.4 is 20.7 Å². The Morgan fingerprint density at radius 3 is 2.44 bits per heavy atom. The molecule has 0 fully saturated rings. The summed E-state index contributed by atoms with van der Waals surface area (Å²) in [5.41, 5.74) is 1.61. The first-order valence-electron chi connectivity index (χ1n) is 10.2. The lowest BCUT2D eigenvalue weighted by atomic mass is 9.94. The fourth-order valence-corrected chi connectivity index (χ4v) is 3.63. The number of anilines is 1. The van der Waals surface area contributed by atoms with Crippen molar-refractivity contribution in [2.75, 3.05) is 5.32 Å². The standard InChI is InChI=1S/C24H19ClN4O5/c1-14-21(23(30)27-17-7-9-18(10-8-17)29(32)33)22(28-24(31)26-14)15-3-2-4-20(13-15)34-19-11-5-16(25)6-12-19/h2-13,22H,1H3,(H,27,30)(H2,26,28,31). The van der Waals surface area contributed by atoms with E-state index in [0.29, 0.717) is 39.0 Å². The van der Waals surface area contributed by atoms with Crippen LogP contribution in [0.25, 0.3) is 0 Å². The SMILES string of the molecule is CC1=C(C(=O)Nc2ccc([N+](=O)[O-])cc2)C(c2cccc(Oc3ccc(Cl)cc3)c2)NC(=O)N1. The maximum atomic E-state index is 13.2. The van der Waals surface area contributed by atoms with Gasteiger partial charge in [0.15, 0.2) is 0 Å². The molecule has 1 unspecified atom stereocenters. The maximum Gasteiger partial charge on any atom is 0.319 e. The van der Waals surface area contributed by atoms with Gasteiger partial charge in [0.1, 0.15) is 11.5 Å². The Bertz CT molecular complexity index is 1290. The summed E-state index contributed by atoms with van der Waals surface area (Å²) >= 11 is 5.92. The van der Waals surface area contributed by atoms with Gasteiger partial charge in [-0.2, -0.15) is 0 Å². The van der Waals surface area contributed by atoms with Crippen LogP contribution in [0.1, 0.15) is 18.5 Å². The number of nitrogens with zero attached hydrogens (tertiary/aromatic N) is 1. The maximum absolute atomic E-state index is 13.2. The van der Waals surface area contributed by atoms with Crippen LogP contribution in [-0.4, -0.2) is 16.9 Å². The number of amides is 3. The molecule has 9 nitrogen and oxygen atoms in total. The van der Waals surface area contributed by atoms with Gasteiger partial charge < -0.3 is 20.7 Å². The Balaban J connectivity index is 1.60. The minimum absolute atomic E-state index is 0.0876. The number of ether oxygens (including phenoxy) is 1. The van der Waals surface area contributed by atoms with E-state index < -0.39 is 22.9 Å². The highest BCUT2D eigenvalue weighted by Crippen LogP contribution is 2.31. The predicted octanol–water partition coefficient (Wildman–Crippen LogP) is 5.31. The molecule has 1 heterocycles. The third-order valence-electron chi connectivity index (χ3n) is 5.09. The number of nitro benzene ring substituents is 1. The van der Waals surface area contributed by atoms with Crippen molar-refractivity contribution in [1.29, 1.82) is 0 Å². The number of allylic oxidation sites excluding steroid dienone is 1. The Morgan fingerprint density at radius 2 is 1.76 bits per heavy atom. The summed E-state index contributed by atoms with van der Waals surface area (Å²) < 4.78 is 5.88. The summed E-state index contributed by atoms with van der Waals surface area (Å²) in [5, 5.41) is 19.6. The lowest BCUT2D eigenvalue weighted by Gasteiger charge is -2.29. The van der Waals surface area contributed by atoms with Crippen molar-refractivity contribution >= 4 is 34.9 Å². The minimum Gasteiger partial charge on any atom is -0.457 e. The van der Waals surface area contributed by atoms with E-state index in [0.717, 1.165) is 0 Å². The molecule has 4 rings (SSSR count). The molecule has 172 valence electrons. The summed E-state index contributed by atoms with van der Waals surface area (Å²) in [6.07, 6.45) is 0. The van der Waals surface area contributed by atoms with Gasteiger partial charge >= 0.3 is 6.03 Å². The zero-order valence-corrected chi connectivity index (χ0v) is 18.6. The van der Waals surface area contributed by atoms with Crippen LogP contribution in [0.2, 0.25) is 5.02 Å². The molecule has 1 aliphatic rings. The molecule has 3 amide bonds. The summed E-state index contributed by atoms with van der Waals surface area (Å²) in [5.74, 6) is 0.631. The molecule has 0 bridgehead atoms. The number of benzene rings is 3. The minimum atomic E-state index is -0.749. The molecular formula is C24H19ClN4O5. The first kappa shape index (κ1) is 22.8. The monoisotopic (exact) mass is 478 g/mol. The Kier molecular flexibility index (Phi) is 6.46. The van der Waals surface area contributed by atoms with Crippen molar-refractivity contribution in [1.82, 2.24) is 10.6 Å². The predicted molar refractivity (Wildman–Crippen MR) is 127 cm³/mol. The molecule has 0 aliphatic carbocycles. The van der Waals surface area contributed by atoms with Crippen LogP contribution in [0.15, 0.2) is 84.1 Å². The van der Waals surface area contributed by atoms with Crippen molar-refractivity contribution in [3.8, 4) is 11.5 Å². The number of halogens is 1. The molecule has 3 aromatic carbocycles. The molecule has 0 saturated carbocycles. The highest BCUT2D eigenvalue weighted by atomic mass is 35.5. The Labute approximate surface area is 199 Å². The van der Waals surface area contributed by atoms with Gasteiger partial charge in [0.2, 0.25) is 0 Å². The fourth-order valence-electron chi connectivity index (χ4n) is 3.51. The van der Waals surface area contributed by atoms with Gasteiger partial charge in [-0.15, -0.1) is 0 Å². The van der Waals surface area contributed by atoms with E-state index in [1.165, 1.54) is 24.3 Å². The normalized spacial score (nSPS) is 15.2. The largest absolute Gasteiger partial charge is 0.457 e. The number of hydrogen-bond donors (Lipinski definition) is 3. The first-order valence-corrected chi connectivity index (χ1v) is 10.6. The summed E-state index contributed by atoms with van der Waals surface area (Å²) in [4.78, 5) is 35.7. The van der Waals surface area contributed by atoms with Crippen molar-refractivity contribution in [2.24, 2.45) is 0 Å². The third kappa shape index (κ3) is 5.16. The van der Waals surface area contributed by atoms with Crippen LogP contribution >= 0.6 is 11.6 Å². The molecule has 34 heavy (non-hydrogen) atoms. The molecule has 1 aliphatic heterocycles. The van der Waals surface area contributed by atoms with E-state index in [4.69, 9.17) is 16.3 Å². The molecule has 0 aromatic heterocycles. The van der Waals surface area contributed by atoms with Crippen molar-refractivity contribution in [3.63, 3.8) is 0 Å². The molecule has 3 N–H and O–H groups in total. The van der Waals surface area contributed by atoms with E-state index in [9.17, 15) is 19.7 Å². The van der Waals surface area contributed by atoms with Gasteiger partial charge in [-0.05, 0) is 61.0 Å². The fraction of sp³-hybridized carbons (Fsp3) is 0.0833. The van der Waals surface area contributed by atoms with E-state index in [2.05, 4.69) is 16.0 Å². The molecule has 10 heteroatoms. The molecule has 3 aromatic rings. The highest BCUT2D eigenvalue weighted by Gasteiger charge is 2.31.